The van der Waals surface area contributed by atoms with Crippen molar-refractivity contribution in [1.82, 2.24) is 0 Å². The standard InChI is InChI=1S/C50H32O2Se/c1-29-22-25-43(51-29)48-36-16-7-3-12-32(36)46(33-13-4-8-17-37(33)48)31-24-27-45-42(28-31)40-20-11-21-41(50(40)53-45)47-34-14-5-9-18-38(34)49(44-26-23-30(2)52-44)39-19-10-6-15-35(39)47/h3-28H,1-2H3. The minimum atomic E-state index is 0.143. The zero-order valence-corrected chi connectivity index (χ0v) is 30.9. The Labute approximate surface area is 312 Å². The zero-order chi connectivity index (χ0) is 35.2. The Morgan fingerprint density at radius 2 is 0.792 bits per heavy atom. The number of aryl methyl sites for hydroxylation is 2. The average Bonchev–Trinajstić information content (AvgIpc) is 3.93. The van der Waals surface area contributed by atoms with Gasteiger partial charge in [0.2, 0.25) is 0 Å². The second-order valence-corrected chi connectivity index (χ2v) is 16.2. The van der Waals surface area contributed by atoms with Crippen LogP contribution in [0.4, 0.5) is 0 Å². The Bertz CT molecular complexity index is 3150. The van der Waals surface area contributed by atoms with Crippen LogP contribution in [0.1, 0.15) is 11.5 Å². The van der Waals surface area contributed by atoms with Gasteiger partial charge in [-0.15, -0.1) is 0 Å². The predicted molar refractivity (Wildman–Crippen MR) is 224 cm³/mol. The molecule has 3 aromatic heterocycles. The third-order valence-corrected chi connectivity index (χ3v) is 13.5. The summed E-state index contributed by atoms with van der Waals surface area (Å²) in [6, 6.07) is 57.7. The first kappa shape index (κ1) is 30.5. The molecule has 0 fully saturated rings. The van der Waals surface area contributed by atoms with Crippen molar-refractivity contribution < 1.29 is 8.83 Å². The summed E-state index contributed by atoms with van der Waals surface area (Å²) in [6.07, 6.45) is 0. The van der Waals surface area contributed by atoms with Crippen LogP contribution in [0.25, 0.3) is 107 Å². The fourth-order valence-corrected chi connectivity index (χ4v) is 11.2. The number of rotatable bonds is 4. The molecule has 3 heteroatoms. The van der Waals surface area contributed by atoms with Crippen molar-refractivity contribution in [1.29, 1.82) is 0 Å². The Balaban J connectivity index is 1.18. The molecule has 11 aromatic rings. The summed E-state index contributed by atoms with van der Waals surface area (Å²) in [5, 5.41) is 12.5. The molecule has 0 spiro atoms. The van der Waals surface area contributed by atoms with Crippen LogP contribution < -0.4 is 0 Å². The van der Waals surface area contributed by atoms with E-state index in [1.807, 2.05) is 13.8 Å². The van der Waals surface area contributed by atoms with Gasteiger partial charge < -0.3 is 0 Å². The molecule has 0 saturated carbocycles. The molecule has 0 saturated heterocycles. The zero-order valence-electron chi connectivity index (χ0n) is 29.2. The fraction of sp³-hybridized carbons (Fsp3) is 0.0400. The Kier molecular flexibility index (Phi) is 6.73. The van der Waals surface area contributed by atoms with Crippen LogP contribution in [0.2, 0.25) is 0 Å². The van der Waals surface area contributed by atoms with Gasteiger partial charge in [-0.2, -0.15) is 0 Å². The summed E-state index contributed by atoms with van der Waals surface area (Å²) < 4.78 is 15.4. The molecule has 0 aliphatic rings. The maximum atomic E-state index is 6.28. The van der Waals surface area contributed by atoms with Gasteiger partial charge >= 0.3 is 314 Å². The average molecular weight is 744 g/mol. The van der Waals surface area contributed by atoms with Crippen molar-refractivity contribution in [2.75, 3.05) is 0 Å². The van der Waals surface area contributed by atoms with E-state index in [9.17, 15) is 0 Å². The van der Waals surface area contributed by atoms with E-state index in [4.69, 9.17) is 8.83 Å². The van der Waals surface area contributed by atoms with Crippen molar-refractivity contribution in [3.05, 3.63) is 169 Å². The van der Waals surface area contributed by atoms with Crippen LogP contribution in [-0.2, 0) is 0 Å². The van der Waals surface area contributed by atoms with Crippen LogP contribution >= 0.6 is 0 Å². The fourth-order valence-electron chi connectivity index (χ4n) is 8.68. The van der Waals surface area contributed by atoms with Gasteiger partial charge in [-0.1, -0.05) is 0 Å². The maximum absolute atomic E-state index is 6.28. The number of hydrogen-bond donors (Lipinski definition) is 0. The monoisotopic (exact) mass is 744 g/mol. The summed E-state index contributed by atoms with van der Waals surface area (Å²) in [7, 11) is 0. The van der Waals surface area contributed by atoms with Gasteiger partial charge in [0.15, 0.2) is 0 Å². The van der Waals surface area contributed by atoms with Gasteiger partial charge in [-0.25, -0.2) is 0 Å². The van der Waals surface area contributed by atoms with Crippen LogP contribution in [-0.4, -0.2) is 14.5 Å². The normalized spacial score (nSPS) is 12.0. The second-order valence-electron chi connectivity index (χ2n) is 14.0. The molecule has 0 amide bonds. The first-order valence-corrected chi connectivity index (χ1v) is 19.8. The number of furan rings is 2. The molecule has 2 nitrogen and oxygen atoms in total. The summed E-state index contributed by atoms with van der Waals surface area (Å²) in [6.45, 7) is 4.03. The molecule has 0 aliphatic carbocycles. The minimum absolute atomic E-state index is 0.143. The Morgan fingerprint density at radius 1 is 0.358 bits per heavy atom. The molecule has 250 valence electrons. The molecule has 3 heterocycles. The Morgan fingerprint density at radius 3 is 1.25 bits per heavy atom. The van der Waals surface area contributed by atoms with Crippen LogP contribution in [0.3, 0.4) is 0 Å². The molecule has 0 radical (unpaired) electrons. The van der Waals surface area contributed by atoms with E-state index in [0.29, 0.717) is 0 Å². The summed E-state index contributed by atoms with van der Waals surface area (Å²) in [5.41, 5.74) is 7.44. The van der Waals surface area contributed by atoms with Gasteiger partial charge in [-0.05, 0) is 0 Å². The third-order valence-electron chi connectivity index (χ3n) is 10.9. The topological polar surface area (TPSA) is 26.3 Å². The summed E-state index contributed by atoms with van der Waals surface area (Å²) in [5.74, 6) is 3.66. The van der Waals surface area contributed by atoms with Crippen molar-refractivity contribution in [3.63, 3.8) is 0 Å². The van der Waals surface area contributed by atoms with E-state index >= 15 is 0 Å². The van der Waals surface area contributed by atoms with E-state index in [0.717, 1.165) is 34.2 Å². The van der Waals surface area contributed by atoms with Gasteiger partial charge in [-0.3, -0.25) is 0 Å². The molecular weight excluding hydrogens is 712 g/mol. The van der Waals surface area contributed by atoms with E-state index in [2.05, 4.69) is 158 Å². The van der Waals surface area contributed by atoms with Crippen molar-refractivity contribution >= 4 is 76.9 Å². The molecular formula is C50H32O2Se. The second kappa shape index (κ2) is 11.7. The SMILES string of the molecule is Cc1ccc(-c2c3ccccc3c(-c3ccc4[se]c5c(-c6c7ccccc7c(-c7ccc(C)o7)c7ccccc67)cccc5c4c3)c3ccccc23)o1. The van der Waals surface area contributed by atoms with Crippen LogP contribution in [0, 0.1) is 13.8 Å². The van der Waals surface area contributed by atoms with Gasteiger partial charge in [0.1, 0.15) is 0 Å². The van der Waals surface area contributed by atoms with Crippen molar-refractivity contribution in [3.8, 4) is 44.9 Å². The summed E-state index contributed by atoms with van der Waals surface area (Å²) >= 11 is 0.143. The summed E-state index contributed by atoms with van der Waals surface area (Å²) in [4.78, 5) is 0. The van der Waals surface area contributed by atoms with Gasteiger partial charge in [0, 0.05) is 0 Å². The van der Waals surface area contributed by atoms with Crippen LogP contribution in [0.5, 0.6) is 0 Å². The first-order chi connectivity index (χ1) is 26.1. The molecule has 0 N–H and O–H groups in total. The van der Waals surface area contributed by atoms with E-state index < -0.39 is 0 Å². The molecule has 0 atom stereocenters. The number of benzene rings is 8. The van der Waals surface area contributed by atoms with E-state index in [-0.39, 0.29) is 14.5 Å². The third kappa shape index (κ3) is 4.58. The van der Waals surface area contributed by atoms with Crippen LogP contribution in [0.15, 0.2) is 167 Å². The van der Waals surface area contributed by atoms with Gasteiger partial charge in [0.05, 0.1) is 0 Å². The molecule has 0 unspecified atom stereocenters. The Hall–Kier alpha value is -6.12. The molecule has 53 heavy (non-hydrogen) atoms. The number of fused-ring (bicyclic) bond motifs is 7. The quantitative estimate of drug-likeness (QED) is 0.133. The first-order valence-electron chi connectivity index (χ1n) is 18.1. The van der Waals surface area contributed by atoms with Crippen molar-refractivity contribution in [2.45, 2.75) is 13.8 Å². The molecule has 0 aliphatic heterocycles. The van der Waals surface area contributed by atoms with E-state index in [1.165, 1.54) is 84.6 Å². The molecule has 8 aromatic carbocycles. The van der Waals surface area contributed by atoms with Gasteiger partial charge in [0.25, 0.3) is 0 Å². The predicted octanol–water partition coefficient (Wildman–Crippen LogP) is 14.1. The number of hydrogen-bond acceptors (Lipinski definition) is 2. The van der Waals surface area contributed by atoms with Crippen molar-refractivity contribution in [2.24, 2.45) is 0 Å². The van der Waals surface area contributed by atoms with E-state index in [1.54, 1.807) is 0 Å². The molecule has 0 bridgehead atoms. The molecule has 11 rings (SSSR count).